The van der Waals surface area contributed by atoms with Gasteiger partial charge in [-0.05, 0) is 26.3 Å². The lowest BCUT2D eigenvalue weighted by molar-refractivity contribution is -0.0811. The van der Waals surface area contributed by atoms with Crippen LogP contribution < -0.4 is 5.73 Å². The molecule has 0 saturated carbocycles. The van der Waals surface area contributed by atoms with Crippen LogP contribution in [0.15, 0.2) is 0 Å². The third kappa shape index (κ3) is 2.81. The highest BCUT2D eigenvalue weighted by Gasteiger charge is 2.41. The Morgan fingerprint density at radius 2 is 2.00 bits per heavy atom. The Morgan fingerprint density at radius 3 is 2.59 bits per heavy atom. The first-order valence-corrected chi connectivity index (χ1v) is 6.95. The number of nitrogens with two attached hydrogens (primary N) is 1. The van der Waals surface area contributed by atoms with E-state index in [2.05, 4.69) is 23.8 Å². The Hall–Kier alpha value is -0.160. The fraction of sp³-hybridized carbons (Fsp3) is 1.00. The van der Waals surface area contributed by atoms with Gasteiger partial charge in [0.25, 0.3) is 0 Å². The normalized spacial score (nSPS) is 37.2. The third-order valence-corrected chi connectivity index (χ3v) is 4.54. The summed E-state index contributed by atoms with van der Waals surface area (Å²) in [7, 11) is 2.20. The van der Waals surface area contributed by atoms with Gasteiger partial charge in [0.1, 0.15) is 0 Å². The van der Waals surface area contributed by atoms with Gasteiger partial charge < -0.3 is 15.4 Å². The zero-order valence-corrected chi connectivity index (χ0v) is 11.3. The zero-order chi connectivity index (χ0) is 12.3. The molecule has 2 unspecified atom stereocenters. The predicted molar refractivity (Wildman–Crippen MR) is 70.1 cm³/mol. The van der Waals surface area contributed by atoms with E-state index in [0.29, 0.717) is 6.10 Å². The molecule has 0 aromatic rings. The smallest absolute Gasteiger partial charge is 0.0590 e. The van der Waals surface area contributed by atoms with Crippen LogP contribution >= 0.6 is 0 Å². The van der Waals surface area contributed by atoms with E-state index >= 15 is 0 Å². The summed E-state index contributed by atoms with van der Waals surface area (Å²) in [5.74, 6) is 0. The molecule has 2 rings (SSSR count). The standard InChI is InChI=1S/C13H27N3O/c1-3-12-10-13(11-14,4-9-17-12)16-7-5-15(2)6-8-16/h12H,3-11,14H2,1-2H3. The summed E-state index contributed by atoms with van der Waals surface area (Å²) in [6, 6.07) is 0. The largest absolute Gasteiger partial charge is 0.378 e. The first-order chi connectivity index (χ1) is 8.20. The molecule has 0 bridgehead atoms. The molecular weight excluding hydrogens is 214 g/mol. The van der Waals surface area contributed by atoms with Crippen molar-refractivity contribution in [2.45, 2.75) is 37.8 Å². The molecule has 2 N–H and O–H groups in total. The number of ether oxygens (including phenoxy) is 1. The van der Waals surface area contributed by atoms with Crippen LogP contribution in [0.5, 0.6) is 0 Å². The lowest BCUT2D eigenvalue weighted by Crippen LogP contribution is -2.62. The molecule has 2 atom stereocenters. The Morgan fingerprint density at radius 1 is 1.29 bits per heavy atom. The highest BCUT2D eigenvalue weighted by atomic mass is 16.5. The maximum Gasteiger partial charge on any atom is 0.0590 e. The quantitative estimate of drug-likeness (QED) is 0.782. The Kier molecular flexibility index (Phi) is 4.42. The van der Waals surface area contributed by atoms with Crippen LogP contribution in [0, 0.1) is 0 Å². The Balaban J connectivity index is 2.02. The minimum Gasteiger partial charge on any atom is -0.378 e. The van der Waals surface area contributed by atoms with Crippen LogP contribution in [0.25, 0.3) is 0 Å². The molecular formula is C13H27N3O. The van der Waals surface area contributed by atoms with Crippen molar-refractivity contribution in [2.75, 3.05) is 46.4 Å². The van der Waals surface area contributed by atoms with Crippen LogP contribution in [-0.4, -0.2) is 67.8 Å². The fourth-order valence-corrected chi connectivity index (χ4v) is 3.15. The molecule has 0 aliphatic carbocycles. The van der Waals surface area contributed by atoms with Gasteiger partial charge in [-0.25, -0.2) is 0 Å². The number of rotatable bonds is 3. The van der Waals surface area contributed by atoms with Gasteiger partial charge in [0.15, 0.2) is 0 Å². The van der Waals surface area contributed by atoms with Gasteiger partial charge in [0.05, 0.1) is 6.10 Å². The summed E-state index contributed by atoms with van der Waals surface area (Å²) in [6.07, 6.45) is 3.73. The molecule has 2 aliphatic rings. The van der Waals surface area contributed by atoms with E-state index in [4.69, 9.17) is 10.5 Å². The van der Waals surface area contributed by atoms with E-state index in [-0.39, 0.29) is 5.54 Å². The molecule has 0 spiro atoms. The molecule has 100 valence electrons. The minimum absolute atomic E-state index is 0.209. The number of hydrogen-bond acceptors (Lipinski definition) is 4. The molecule has 2 heterocycles. The van der Waals surface area contributed by atoms with Crippen LogP contribution in [0.1, 0.15) is 26.2 Å². The first-order valence-electron chi connectivity index (χ1n) is 6.95. The molecule has 0 radical (unpaired) electrons. The van der Waals surface area contributed by atoms with Crippen molar-refractivity contribution in [3.8, 4) is 0 Å². The topological polar surface area (TPSA) is 41.7 Å². The maximum atomic E-state index is 6.11. The molecule has 0 amide bonds. The summed E-state index contributed by atoms with van der Waals surface area (Å²) < 4.78 is 5.80. The van der Waals surface area contributed by atoms with E-state index in [9.17, 15) is 0 Å². The van der Waals surface area contributed by atoms with Crippen molar-refractivity contribution in [3.63, 3.8) is 0 Å². The molecule has 4 heteroatoms. The summed E-state index contributed by atoms with van der Waals surface area (Å²) in [6.45, 7) is 8.51. The fourth-order valence-electron chi connectivity index (χ4n) is 3.15. The second-order valence-corrected chi connectivity index (χ2v) is 5.57. The molecule has 0 aromatic carbocycles. The average Bonchev–Trinajstić information content (AvgIpc) is 2.39. The van der Waals surface area contributed by atoms with Gasteiger partial charge in [0, 0.05) is 44.9 Å². The van der Waals surface area contributed by atoms with E-state index in [1.165, 1.54) is 13.1 Å². The highest BCUT2D eigenvalue weighted by Crippen LogP contribution is 2.32. The maximum absolute atomic E-state index is 6.11. The Labute approximate surface area is 105 Å². The predicted octanol–water partition coefficient (Wildman–Crippen LogP) is 0.520. The summed E-state index contributed by atoms with van der Waals surface area (Å²) in [5.41, 5.74) is 6.32. The van der Waals surface area contributed by atoms with Crippen LogP contribution in [0.3, 0.4) is 0 Å². The summed E-state index contributed by atoms with van der Waals surface area (Å²) in [5, 5.41) is 0. The van der Waals surface area contributed by atoms with Crippen molar-refractivity contribution >= 4 is 0 Å². The van der Waals surface area contributed by atoms with E-state index in [0.717, 1.165) is 45.5 Å². The molecule has 17 heavy (non-hydrogen) atoms. The number of nitrogens with zero attached hydrogens (tertiary/aromatic N) is 2. The number of piperazine rings is 1. The zero-order valence-electron chi connectivity index (χ0n) is 11.3. The van der Waals surface area contributed by atoms with Crippen LogP contribution in [0.2, 0.25) is 0 Å². The van der Waals surface area contributed by atoms with E-state index in [1.54, 1.807) is 0 Å². The van der Waals surface area contributed by atoms with Gasteiger partial charge in [-0.2, -0.15) is 0 Å². The van der Waals surface area contributed by atoms with Crippen molar-refractivity contribution < 1.29 is 4.74 Å². The van der Waals surface area contributed by atoms with Gasteiger partial charge in [-0.3, -0.25) is 4.90 Å². The second-order valence-electron chi connectivity index (χ2n) is 5.57. The van der Waals surface area contributed by atoms with Gasteiger partial charge in [-0.15, -0.1) is 0 Å². The molecule has 4 nitrogen and oxygen atoms in total. The second kappa shape index (κ2) is 5.65. The molecule has 2 saturated heterocycles. The number of hydrogen-bond donors (Lipinski definition) is 1. The SMILES string of the molecule is CCC1CC(CN)(N2CCN(C)CC2)CCO1. The van der Waals surface area contributed by atoms with Gasteiger partial charge in [-0.1, -0.05) is 6.92 Å². The van der Waals surface area contributed by atoms with Crippen LogP contribution in [-0.2, 0) is 4.74 Å². The lowest BCUT2D eigenvalue weighted by atomic mass is 9.83. The Bertz CT molecular complexity index is 241. The lowest BCUT2D eigenvalue weighted by Gasteiger charge is -2.50. The molecule has 0 aromatic heterocycles. The number of likely N-dealkylation sites (N-methyl/N-ethyl adjacent to an activating group) is 1. The van der Waals surface area contributed by atoms with E-state index < -0.39 is 0 Å². The summed E-state index contributed by atoms with van der Waals surface area (Å²) in [4.78, 5) is 5.02. The first kappa shape index (κ1) is 13.3. The highest BCUT2D eigenvalue weighted by molar-refractivity contribution is 4.97. The monoisotopic (exact) mass is 241 g/mol. The van der Waals surface area contributed by atoms with Crippen LogP contribution in [0.4, 0.5) is 0 Å². The average molecular weight is 241 g/mol. The van der Waals surface area contributed by atoms with Gasteiger partial charge >= 0.3 is 0 Å². The molecule has 2 aliphatic heterocycles. The molecule has 2 fully saturated rings. The minimum atomic E-state index is 0.209. The summed E-state index contributed by atoms with van der Waals surface area (Å²) >= 11 is 0. The van der Waals surface area contributed by atoms with Crippen molar-refractivity contribution in [3.05, 3.63) is 0 Å². The van der Waals surface area contributed by atoms with Gasteiger partial charge in [0.2, 0.25) is 0 Å². The van der Waals surface area contributed by atoms with Crippen molar-refractivity contribution in [1.82, 2.24) is 9.80 Å². The van der Waals surface area contributed by atoms with E-state index in [1.807, 2.05) is 0 Å². The van der Waals surface area contributed by atoms with Crippen molar-refractivity contribution in [2.24, 2.45) is 5.73 Å². The van der Waals surface area contributed by atoms with Crippen molar-refractivity contribution in [1.29, 1.82) is 0 Å². The third-order valence-electron chi connectivity index (χ3n) is 4.54.